The highest BCUT2D eigenvalue weighted by molar-refractivity contribution is 6.27. The number of aromatic nitrogens is 3. The van der Waals surface area contributed by atoms with Crippen molar-refractivity contribution < 1.29 is 0 Å². The summed E-state index contributed by atoms with van der Waals surface area (Å²) in [4.78, 5) is 18.3. The van der Waals surface area contributed by atoms with Crippen LogP contribution in [0.3, 0.4) is 0 Å². The summed E-state index contributed by atoms with van der Waals surface area (Å²) in [6, 6.07) is 60.9. The summed E-state index contributed by atoms with van der Waals surface area (Å²) in [6.07, 6.45) is 3.22. The molecule has 0 N–H and O–H groups in total. The normalized spacial score (nSPS) is 22.1. The van der Waals surface area contributed by atoms with Crippen molar-refractivity contribution in [1.82, 2.24) is 15.0 Å². The van der Waals surface area contributed by atoms with Gasteiger partial charge in [-0.2, -0.15) is 0 Å². The first-order valence-corrected chi connectivity index (χ1v) is 23.0. The number of benzene rings is 7. The third-order valence-electron chi connectivity index (χ3n) is 16.4. The van der Waals surface area contributed by atoms with E-state index in [0.717, 1.165) is 52.9 Å². The number of hydrogen-bond acceptors (Lipinski definition) is 3. The molecule has 3 heteroatoms. The molecular formula is C60H39N3. The summed E-state index contributed by atoms with van der Waals surface area (Å²) in [6.45, 7) is 0. The third kappa shape index (κ3) is 4.06. The van der Waals surface area contributed by atoms with Crippen molar-refractivity contribution in [3.63, 3.8) is 0 Å². The van der Waals surface area contributed by atoms with Crippen molar-refractivity contribution in [1.29, 1.82) is 0 Å². The van der Waals surface area contributed by atoms with Gasteiger partial charge in [-0.05, 0) is 86.0 Å². The molecule has 294 valence electrons. The fourth-order valence-electron chi connectivity index (χ4n) is 14.3. The predicted octanol–water partition coefficient (Wildman–Crippen LogP) is 14.3. The molecule has 7 aromatic carbocycles. The molecule has 6 atom stereocenters. The van der Waals surface area contributed by atoms with Gasteiger partial charge in [0, 0.05) is 68.4 Å². The first-order valence-electron chi connectivity index (χ1n) is 23.0. The monoisotopic (exact) mass is 801 g/mol. The maximum atomic E-state index is 6.11. The van der Waals surface area contributed by atoms with Gasteiger partial charge in [0.15, 0.2) is 0 Å². The van der Waals surface area contributed by atoms with Gasteiger partial charge < -0.3 is 0 Å². The number of nitrogens with zero attached hydrogens (tertiary/aromatic N) is 3. The molecular weight excluding hydrogens is 763 g/mol. The van der Waals surface area contributed by atoms with E-state index in [9.17, 15) is 0 Å². The van der Waals surface area contributed by atoms with Crippen molar-refractivity contribution in [2.75, 3.05) is 0 Å². The zero-order chi connectivity index (χ0) is 40.7. The maximum absolute atomic E-state index is 6.11. The smallest absolute Gasteiger partial charge is 0.0832 e. The minimum atomic E-state index is 0.268. The largest absolute Gasteiger partial charge is 0.247 e. The van der Waals surface area contributed by atoms with E-state index in [1.165, 1.54) is 99.6 Å². The second kappa shape index (κ2) is 11.8. The van der Waals surface area contributed by atoms with Gasteiger partial charge in [-0.15, -0.1) is 0 Å². The van der Waals surface area contributed by atoms with Crippen LogP contribution in [0.15, 0.2) is 164 Å². The number of pyridine rings is 3. The summed E-state index contributed by atoms with van der Waals surface area (Å²) in [5.74, 6) is 1.67. The molecule has 16 rings (SSSR count). The van der Waals surface area contributed by atoms with E-state index in [1.54, 1.807) is 0 Å². The molecule has 0 radical (unpaired) electrons. The Morgan fingerprint density at radius 1 is 0.254 bits per heavy atom. The lowest BCUT2D eigenvalue weighted by atomic mass is 9.77. The van der Waals surface area contributed by atoms with Crippen molar-refractivity contribution >= 4 is 32.7 Å². The Labute approximate surface area is 365 Å². The highest BCUT2D eigenvalue weighted by Gasteiger charge is 2.50. The van der Waals surface area contributed by atoms with E-state index < -0.39 is 0 Å². The van der Waals surface area contributed by atoms with Crippen LogP contribution in [-0.2, 0) is 0 Å². The molecule has 10 aromatic rings. The summed E-state index contributed by atoms with van der Waals surface area (Å²) in [5, 5.41) is 3.79. The van der Waals surface area contributed by atoms with E-state index in [1.807, 2.05) is 0 Å². The van der Waals surface area contributed by atoms with E-state index in [4.69, 9.17) is 15.0 Å². The Morgan fingerprint density at radius 3 is 0.730 bits per heavy atom. The van der Waals surface area contributed by atoms with E-state index in [2.05, 4.69) is 164 Å². The molecule has 0 amide bonds. The van der Waals surface area contributed by atoms with Gasteiger partial charge in [0.05, 0.1) is 33.6 Å². The highest BCUT2D eigenvalue weighted by Crippen LogP contribution is 2.66. The fraction of sp³-hybridized carbons (Fsp3) is 0.150. The van der Waals surface area contributed by atoms with Gasteiger partial charge in [0.25, 0.3) is 0 Å². The Bertz CT molecular complexity index is 3270. The summed E-state index contributed by atoms with van der Waals surface area (Å²) in [5.41, 5.74) is 27.6. The first kappa shape index (κ1) is 33.4. The zero-order valence-corrected chi connectivity index (χ0v) is 34.5. The van der Waals surface area contributed by atoms with Crippen LogP contribution >= 0.6 is 0 Å². The quantitative estimate of drug-likeness (QED) is 0.167. The summed E-state index contributed by atoms with van der Waals surface area (Å²) < 4.78 is 0. The maximum Gasteiger partial charge on any atom is 0.0832 e. The molecule has 6 unspecified atom stereocenters. The Morgan fingerprint density at radius 2 is 0.476 bits per heavy atom. The average molecular weight is 802 g/mol. The topological polar surface area (TPSA) is 38.7 Å². The summed E-state index contributed by atoms with van der Waals surface area (Å²) >= 11 is 0. The van der Waals surface area contributed by atoms with Gasteiger partial charge in [0.2, 0.25) is 0 Å². The molecule has 3 nitrogen and oxygen atoms in total. The molecule has 0 saturated carbocycles. The molecule has 0 fully saturated rings. The van der Waals surface area contributed by atoms with Crippen LogP contribution in [0.1, 0.15) is 122 Å². The van der Waals surface area contributed by atoms with E-state index in [0.29, 0.717) is 0 Å². The van der Waals surface area contributed by atoms with Gasteiger partial charge in [-0.1, -0.05) is 164 Å². The molecule has 0 aliphatic heterocycles. The molecule has 6 bridgehead atoms. The highest BCUT2D eigenvalue weighted by atomic mass is 14.8. The minimum absolute atomic E-state index is 0.268. The van der Waals surface area contributed by atoms with Crippen LogP contribution < -0.4 is 0 Å². The Kier molecular flexibility index (Phi) is 6.26. The molecule has 0 spiro atoms. The van der Waals surface area contributed by atoms with Crippen LogP contribution in [0.25, 0.3) is 66.5 Å². The van der Waals surface area contributed by atoms with E-state index >= 15 is 0 Å². The molecule has 3 aromatic heterocycles. The Balaban J connectivity index is 1.17. The molecule has 3 heterocycles. The van der Waals surface area contributed by atoms with Gasteiger partial charge in [-0.25, -0.2) is 15.0 Å². The SMILES string of the molecule is c1ccc(-c2nc3c(c4c2C2CC4c4ccccc42)c2nc(-c4ccccc4)c4c(c2c2nc(-c5ccccc5)c5c(c32)C2CC5c3ccccc32)C2CC4c3ccccc32)cc1. The van der Waals surface area contributed by atoms with Crippen LogP contribution in [0, 0.1) is 0 Å². The first-order chi connectivity index (χ1) is 31.3. The average Bonchev–Trinajstić information content (AvgIpc) is 4.23. The van der Waals surface area contributed by atoms with Crippen LogP contribution in [0.4, 0.5) is 0 Å². The molecule has 0 saturated heterocycles. The zero-order valence-electron chi connectivity index (χ0n) is 34.5. The molecule has 6 aliphatic rings. The van der Waals surface area contributed by atoms with Crippen LogP contribution in [-0.4, -0.2) is 15.0 Å². The van der Waals surface area contributed by atoms with Gasteiger partial charge in [-0.3, -0.25) is 0 Å². The lowest BCUT2D eigenvalue weighted by Crippen LogP contribution is -2.13. The second-order valence-electron chi connectivity index (χ2n) is 19.0. The summed E-state index contributed by atoms with van der Waals surface area (Å²) in [7, 11) is 0. The van der Waals surface area contributed by atoms with Crippen molar-refractivity contribution in [3.05, 3.63) is 231 Å². The molecule has 63 heavy (non-hydrogen) atoms. The van der Waals surface area contributed by atoms with Crippen LogP contribution in [0.2, 0.25) is 0 Å². The number of hydrogen-bond donors (Lipinski definition) is 0. The van der Waals surface area contributed by atoms with Crippen molar-refractivity contribution in [2.24, 2.45) is 0 Å². The number of rotatable bonds is 3. The number of fused-ring (bicyclic) bond motifs is 33. The van der Waals surface area contributed by atoms with E-state index in [-0.39, 0.29) is 35.5 Å². The lowest BCUT2D eigenvalue weighted by molar-refractivity contribution is 0.797. The second-order valence-corrected chi connectivity index (χ2v) is 19.0. The lowest BCUT2D eigenvalue weighted by Gasteiger charge is -2.29. The Hall–Kier alpha value is -7.23. The predicted molar refractivity (Wildman–Crippen MR) is 253 cm³/mol. The standard InChI is InChI=1S/C60H39N3/c1-4-16-31(17-5-1)55-49-43-28-40(34-22-10-13-25-37(34)43)46(49)52-58(61-55)53-47-41-29-44(38-26-14-11-23-35(38)41)50(47)56(32-18-6-2-7-19-32)63-60(53)54-48-42-30-45(39-27-15-12-24-36(39)42)51(48)57(62-59(52)54)33-20-8-3-9-21-33/h1-27,40-45H,28-30H2. The molecule has 6 aliphatic carbocycles. The van der Waals surface area contributed by atoms with Crippen LogP contribution in [0.5, 0.6) is 0 Å². The van der Waals surface area contributed by atoms with Gasteiger partial charge >= 0.3 is 0 Å². The fourth-order valence-corrected chi connectivity index (χ4v) is 14.3. The third-order valence-corrected chi connectivity index (χ3v) is 16.4. The minimum Gasteiger partial charge on any atom is -0.247 e. The van der Waals surface area contributed by atoms with Crippen molar-refractivity contribution in [3.8, 4) is 33.8 Å². The van der Waals surface area contributed by atoms with Gasteiger partial charge in [0.1, 0.15) is 0 Å². The van der Waals surface area contributed by atoms with Crippen molar-refractivity contribution in [2.45, 2.75) is 54.8 Å².